The van der Waals surface area contributed by atoms with Gasteiger partial charge < -0.3 is 15.0 Å². The minimum absolute atomic E-state index is 0.140. The van der Waals surface area contributed by atoms with Crippen LogP contribution in [-0.2, 0) is 9.31 Å². The normalized spacial score (nSPS) is 30.0. The SMILES string of the molecule is CC1(C)OB(c2cn(C3CC(C#N)C3)nc2N)OC1(C)C. The summed E-state index contributed by atoms with van der Waals surface area (Å²) < 4.78 is 13.9. The molecule has 21 heavy (non-hydrogen) atoms. The molecule has 1 aliphatic carbocycles. The highest BCUT2D eigenvalue weighted by Crippen LogP contribution is 2.38. The fourth-order valence-electron chi connectivity index (χ4n) is 2.67. The van der Waals surface area contributed by atoms with E-state index in [1.165, 1.54) is 0 Å². The lowest BCUT2D eigenvalue weighted by Crippen LogP contribution is -2.41. The van der Waals surface area contributed by atoms with Gasteiger partial charge in [0.25, 0.3) is 0 Å². The van der Waals surface area contributed by atoms with Gasteiger partial charge in [-0.2, -0.15) is 10.4 Å². The molecule has 1 saturated heterocycles. The predicted molar refractivity (Wildman–Crippen MR) is 79.7 cm³/mol. The van der Waals surface area contributed by atoms with E-state index in [0.717, 1.165) is 18.3 Å². The van der Waals surface area contributed by atoms with Crippen molar-refractivity contribution < 1.29 is 9.31 Å². The Labute approximate surface area is 125 Å². The molecule has 7 heteroatoms. The zero-order chi connectivity index (χ0) is 15.4. The lowest BCUT2D eigenvalue weighted by molar-refractivity contribution is 0.00578. The molecule has 0 aromatic carbocycles. The molecule has 1 aliphatic heterocycles. The number of nitrogen functional groups attached to an aromatic ring is 1. The average molecular weight is 288 g/mol. The zero-order valence-electron chi connectivity index (χ0n) is 13.0. The molecule has 112 valence electrons. The summed E-state index contributed by atoms with van der Waals surface area (Å²) in [6, 6.07) is 2.53. The fourth-order valence-corrected chi connectivity index (χ4v) is 2.67. The van der Waals surface area contributed by atoms with Gasteiger partial charge in [0.15, 0.2) is 0 Å². The Bertz CT molecular complexity index is 583. The second-order valence-corrected chi connectivity index (χ2v) is 6.99. The van der Waals surface area contributed by atoms with Gasteiger partial charge in [-0.25, -0.2) is 0 Å². The predicted octanol–water partition coefficient (Wildman–Crippen LogP) is 1.24. The van der Waals surface area contributed by atoms with Crippen LogP contribution in [-0.4, -0.2) is 28.1 Å². The molecule has 0 bridgehead atoms. The average Bonchev–Trinajstić information content (AvgIpc) is 2.76. The second kappa shape index (κ2) is 4.49. The van der Waals surface area contributed by atoms with Crippen molar-refractivity contribution in [3.8, 4) is 6.07 Å². The summed E-state index contributed by atoms with van der Waals surface area (Å²) in [5, 5.41) is 13.2. The molecule has 1 aromatic rings. The molecule has 0 spiro atoms. The van der Waals surface area contributed by atoms with Crippen molar-refractivity contribution in [2.24, 2.45) is 5.92 Å². The standard InChI is InChI=1S/C14H21BN4O2/c1-13(2)14(3,4)21-15(20-13)11-8-19(18-12(11)17)10-5-9(6-10)7-16/h8-10H,5-6H2,1-4H3,(H2,17,18). The van der Waals surface area contributed by atoms with Crippen LogP contribution in [0.2, 0.25) is 0 Å². The molecule has 1 saturated carbocycles. The minimum atomic E-state index is -0.490. The number of nitrogens with zero attached hydrogens (tertiary/aromatic N) is 3. The van der Waals surface area contributed by atoms with Gasteiger partial charge in [0.1, 0.15) is 5.82 Å². The number of rotatable bonds is 2. The summed E-state index contributed by atoms with van der Waals surface area (Å²) in [6.07, 6.45) is 3.57. The summed E-state index contributed by atoms with van der Waals surface area (Å²) in [7, 11) is -0.490. The van der Waals surface area contributed by atoms with Crippen LogP contribution in [0.4, 0.5) is 5.82 Å². The maximum Gasteiger partial charge on any atom is 0.500 e. The number of hydrogen-bond acceptors (Lipinski definition) is 5. The van der Waals surface area contributed by atoms with E-state index in [1.807, 2.05) is 38.6 Å². The second-order valence-electron chi connectivity index (χ2n) is 6.99. The monoisotopic (exact) mass is 288 g/mol. The fraction of sp³-hybridized carbons (Fsp3) is 0.714. The molecular weight excluding hydrogens is 267 g/mol. The molecule has 0 amide bonds. The highest BCUT2D eigenvalue weighted by molar-refractivity contribution is 6.63. The summed E-state index contributed by atoms with van der Waals surface area (Å²) >= 11 is 0. The van der Waals surface area contributed by atoms with Crippen LogP contribution in [0.5, 0.6) is 0 Å². The Balaban J connectivity index is 1.79. The molecule has 2 aliphatic rings. The van der Waals surface area contributed by atoms with Gasteiger partial charge >= 0.3 is 7.12 Å². The van der Waals surface area contributed by atoms with Gasteiger partial charge in [0.2, 0.25) is 0 Å². The summed E-state index contributed by atoms with van der Waals surface area (Å²) in [5.74, 6) is 0.578. The van der Waals surface area contributed by atoms with E-state index >= 15 is 0 Å². The topological polar surface area (TPSA) is 86.1 Å². The van der Waals surface area contributed by atoms with Crippen molar-refractivity contribution >= 4 is 18.4 Å². The molecule has 1 aromatic heterocycles. The number of anilines is 1. The number of nitriles is 1. The van der Waals surface area contributed by atoms with E-state index in [-0.39, 0.29) is 12.0 Å². The molecule has 0 radical (unpaired) electrons. The number of aromatic nitrogens is 2. The van der Waals surface area contributed by atoms with Crippen LogP contribution in [0.15, 0.2) is 6.20 Å². The maximum atomic E-state index is 8.85. The van der Waals surface area contributed by atoms with Gasteiger partial charge in [-0.05, 0) is 40.5 Å². The molecule has 0 unspecified atom stereocenters. The largest absolute Gasteiger partial charge is 0.500 e. The Morgan fingerprint density at radius 2 is 1.90 bits per heavy atom. The van der Waals surface area contributed by atoms with Crippen molar-refractivity contribution in [1.82, 2.24) is 9.78 Å². The highest BCUT2D eigenvalue weighted by Gasteiger charge is 2.53. The molecule has 2 N–H and O–H groups in total. The van der Waals surface area contributed by atoms with Crippen LogP contribution in [0, 0.1) is 17.2 Å². The van der Waals surface area contributed by atoms with Crippen LogP contribution in [0.25, 0.3) is 0 Å². The van der Waals surface area contributed by atoms with Crippen molar-refractivity contribution in [3.05, 3.63) is 6.20 Å². The first kappa shape index (κ1) is 14.4. The Kier molecular flexibility index (Phi) is 3.08. The van der Waals surface area contributed by atoms with Crippen molar-refractivity contribution in [3.63, 3.8) is 0 Å². The van der Waals surface area contributed by atoms with Crippen LogP contribution < -0.4 is 11.2 Å². The van der Waals surface area contributed by atoms with Crippen LogP contribution >= 0.6 is 0 Å². The van der Waals surface area contributed by atoms with Crippen molar-refractivity contribution in [2.45, 2.75) is 57.8 Å². The third kappa shape index (κ3) is 2.23. The quantitative estimate of drug-likeness (QED) is 0.827. The first-order chi connectivity index (χ1) is 9.73. The van der Waals surface area contributed by atoms with Gasteiger partial charge in [-0.1, -0.05) is 0 Å². The molecule has 2 heterocycles. The Hall–Kier alpha value is -1.52. The zero-order valence-corrected chi connectivity index (χ0v) is 13.0. The third-order valence-corrected chi connectivity index (χ3v) is 4.97. The molecule has 0 atom stereocenters. The minimum Gasteiger partial charge on any atom is -0.399 e. The Morgan fingerprint density at radius 1 is 1.33 bits per heavy atom. The molecule has 6 nitrogen and oxygen atoms in total. The molecule has 2 fully saturated rings. The smallest absolute Gasteiger partial charge is 0.399 e. The van der Waals surface area contributed by atoms with E-state index in [1.54, 1.807) is 0 Å². The molecule has 3 rings (SSSR count). The lowest BCUT2D eigenvalue weighted by atomic mass is 9.80. The number of hydrogen-bond donors (Lipinski definition) is 1. The van der Waals surface area contributed by atoms with Crippen molar-refractivity contribution in [2.75, 3.05) is 5.73 Å². The lowest BCUT2D eigenvalue weighted by Gasteiger charge is -2.32. The highest BCUT2D eigenvalue weighted by atomic mass is 16.7. The van der Waals surface area contributed by atoms with Gasteiger partial charge in [-0.3, -0.25) is 4.68 Å². The van der Waals surface area contributed by atoms with Crippen molar-refractivity contribution in [1.29, 1.82) is 5.26 Å². The van der Waals surface area contributed by atoms with Crippen LogP contribution in [0.3, 0.4) is 0 Å². The number of nitrogens with two attached hydrogens (primary N) is 1. The van der Waals surface area contributed by atoms with E-state index in [0.29, 0.717) is 5.82 Å². The van der Waals surface area contributed by atoms with E-state index in [4.69, 9.17) is 20.3 Å². The first-order valence-electron chi connectivity index (χ1n) is 7.33. The summed E-state index contributed by atoms with van der Waals surface area (Å²) in [5.41, 5.74) is 6.01. The van der Waals surface area contributed by atoms with E-state index in [9.17, 15) is 0 Å². The van der Waals surface area contributed by atoms with E-state index in [2.05, 4.69) is 11.2 Å². The van der Waals surface area contributed by atoms with Gasteiger partial charge in [0.05, 0.1) is 29.2 Å². The summed E-state index contributed by atoms with van der Waals surface area (Å²) in [6.45, 7) is 8.04. The van der Waals surface area contributed by atoms with Gasteiger partial charge in [-0.15, -0.1) is 0 Å². The van der Waals surface area contributed by atoms with E-state index < -0.39 is 18.3 Å². The Morgan fingerprint density at radius 3 is 2.43 bits per heavy atom. The first-order valence-corrected chi connectivity index (χ1v) is 7.33. The summed E-state index contributed by atoms with van der Waals surface area (Å²) in [4.78, 5) is 0. The van der Waals surface area contributed by atoms with Gasteiger partial charge in [0, 0.05) is 11.7 Å². The molecular formula is C14H21BN4O2. The third-order valence-electron chi connectivity index (χ3n) is 4.97. The van der Waals surface area contributed by atoms with Crippen LogP contribution in [0.1, 0.15) is 46.6 Å². The maximum absolute atomic E-state index is 8.85.